The molecule has 1 atom stereocenters. The molecule has 0 saturated heterocycles. The number of hydrogen-bond acceptors (Lipinski definition) is 5. The van der Waals surface area contributed by atoms with E-state index in [0.717, 1.165) is 46.1 Å². The minimum absolute atomic E-state index is 0.0199. The summed E-state index contributed by atoms with van der Waals surface area (Å²) in [6, 6.07) is 13.6. The fourth-order valence-electron chi connectivity index (χ4n) is 3.90. The number of benzene rings is 2. The molecule has 7 nitrogen and oxygen atoms in total. The van der Waals surface area contributed by atoms with Gasteiger partial charge in [0.1, 0.15) is 17.2 Å². The van der Waals surface area contributed by atoms with E-state index in [2.05, 4.69) is 16.5 Å². The van der Waals surface area contributed by atoms with Crippen LogP contribution in [-0.4, -0.2) is 36.5 Å². The smallest absolute Gasteiger partial charge is 0.220 e. The summed E-state index contributed by atoms with van der Waals surface area (Å²) in [6.45, 7) is 0.574. The zero-order valence-corrected chi connectivity index (χ0v) is 18.1. The summed E-state index contributed by atoms with van der Waals surface area (Å²) in [5.41, 5.74) is 3.97. The van der Waals surface area contributed by atoms with E-state index in [0.29, 0.717) is 19.4 Å². The molecule has 2 heterocycles. The standard InChI is InChI=1S/C24H27N3O4/c1-27-17(10-12-25-27)5-9-24(28)26-21-11-13-31-22-8-4-16(14-20(21)22)19-7-6-18(29-2)15-23(19)30-3/h4,6-8,10,12,14-15,21H,5,9,11,13H2,1-3H3,(H,26,28). The molecule has 1 aromatic heterocycles. The number of rotatable bonds is 7. The summed E-state index contributed by atoms with van der Waals surface area (Å²) < 4.78 is 18.5. The lowest BCUT2D eigenvalue weighted by atomic mass is 9.95. The van der Waals surface area contributed by atoms with Gasteiger partial charge in [0.15, 0.2) is 0 Å². The predicted octanol–water partition coefficient (Wildman–Crippen LogP) is 3.68. The van der Waals surface area contributed by atoms with E-state index in [1.807, 2.05) is 43.4 Å². The van der Waals surface area contributed by atoms with Gasteiger partial charge in [0.05, 0.1) is 26.9 Å². The molecule has 1 unspecified atom stereocenters. The Morgan fingerprint density at radius 3 is 2.81 bits per heavy atom. The number of nitrogens with one attached hydrogen (secondary N) is 1. The fourth-order valence-corrected chi connectivity index (χ4v) is 3.90. The van der Waals surface area contributed by atoms with Gasteiger partial charge in [0.2, 0.25) is 5.91 Å². The molecule has 0 bridgehead atoms. The largest absolute Gasteiger partial charge is 0.497 e. The number of hydrogen-bond donors (Lipinski definition) is 1. The van der Waals surface area contributed by atoms with Crippen molar-refractivity contribution in [3.8, 4) is 28.4 Å². The second kappa shape index (κ2) is 9.12. The van der Waals surface area contributed by atoms with Crippen LogP contribution < -0.4 is 19.5 Å². The molecule has 1 N–H and O–H groups in total. The first-order valence-electron chi connectivity index (χ1n) is 10.3. The number of amides is 1. The first-order valence-corrected chi connectivity index (χ1v) is 10.3. The molecule has 4 rings (SSSR count). The highest BCUT2D eigenvalue weighted by molar-refractivity contribution is 5.77. The molecule has 3 aromatic rings. The van der Waals surface area contributed by atoms with E-state index in [-0.39, 0.29) is 11.9 Å². The molecule has 0 radical (unpaired) electrons. The molecule has 0 spiro atoms. The van der Waals surface area contributed by atoms with Crippen LogP contribution in [0.2, 0.25) is 0 Å². The average molecular weight is 421 g/mol. The highest BCUT2D eigenvalue weighted by Gasteiger charge is 2.24. The summed E-state index contributed by atoms with van der Waals surface area (Å²) in [6.07, 6.45) is 3.55. The molecule has 0 saturated carbocycles. The molecule has 1 amide bonds. The van der Waals surface area contributed by atoms with Gasteiger partial charge in [-0.05, 0) is 42.3 Å². The van der Waals surface area contributed by atoms with Gasteiger partial charge in [0.25, 0.3) is 0 Å². The monoisotopic (exact) mass is 421 g/mol. The Balaban J connectivity index is 1.54. The summed E-state index contributed by atoms with van der Waals surface area (Å²) in [5.74, 6) is 2.29. The molecular formula is C24H27N3O4. The Morgan fingerprint density at radius 2 is 2.06 bits per heavy atom. The predicted molar refractivity (Wildman–Crippen MR) is 118 cm³/mol. The molecule has 7 heteroatoms. The molecule has 1 aliphatic rings. The van der Waals surface area contributed by atoms with E-state index in [9.17, 15) is 4.79 Å². The number of methoxy groups -OCH3 is 2. The summed E-state index contributed by atoms with van der Waals surface area (Å²) in [4.78, 5) is 12.6. The van der Waals surface area contributed by atoms with Crippen molar-refractivity contribution in [3.63, 3.8) is 0 Å². The van der Waals surface area contributed by atoms with Gasteiger partial charge < -0.3 is 19.5 Å². The average Bonchev–Trinajstić information content (AvgIpc) is 3.21. The Kier molecular flexibility index (Phi) is 6.11. The van der Waals surface area contributed by atoms with Crippen LogP contribution in [0.4, 0.5) is 0 Å². The highest BCUT2D eigenvalue weighted by Crippen LogP contribution is 2.39. The molecule has 31 heavy (non-hydrogen) atoms. The van der Waals surface area contributed by atoms with Crippen molar-refractivity contribution >= 4 is 5.91 Å². The number of carbonyl (C=O) groups is 1. The SMILES string of the molecule is COc1ccc(-c2ccc3c(c2)C(NC(=O)CCc2ccnn2C)CCO3)c(OC)c1. The van der Waals surface area contributed by atoms with Crippen LogP contribution in [0.25, 0.3) is 11.1 Å². The number of aryl methyl sites for hydroxylation is 2. The lowest BCUT2D eigenvalue weighted by Crippen LogP contribution is -2.32. The van der Waals surface area contributed by atoms with Crippen molar-refractivity contribution < 1.29 is 19.0 Å². The zero-order chi connectivity index (χ0) is 21.8. The van der Waals surface area contributed by atoms with Crippen molar-refractivity contribution in [1.29, 1.82) is 0 Å². The third kappa shape index (κ3) is 4.50. The van der Waals surface area contributed by atoms with Crippen molar-refractivity contribution in [2.24, 2.45) is 7.05 Å². The van der Waals surface area contributed by atoms with Crippen molar-refractivity contribution in [3.05, 3.63) is 59.9 Å². The molecule has 1 aliphatic heterocycles. The number of ether oxygens (including phenoxy) is 3. The quantitative estimate of drug-likeness (QED) is 0.630. The Hall–Kier alpha value is -3.48. The van der Waals surface area contributed by atoms with Crippen LogP contribution in [0.5, 0.6) is 17.2 Å². The van der Waals surface area contributed by atoms with Gasteiger partial charge >= 0.3 is 0 Å². The third-order valence-electron chi connectivity index (χ3n) is 5.63. The maximum absolute atomic E-state index is 12.6. The van der Waals surface area contributed by atoms with Crippen LogP contribution in [0, 0.1) is 0 Å². The third-order valence-corrected chi connectivity index (χ3v) is 5.63. The summed E-state index contributed by atoms with van der Waals surface area (Å²) >= 11 is 0. The molecule has 162 valence electrons. The zero-order valence-electron chi connectivity index (χ0n) is 18.1. The van der Waals surface area contributed by atoms with Gasteiger partial charge in [-0.1, -0.05) is 6.07 Å². The van der Waals surface area contributed by atoms with Crippen LogP contribution in [-0.2, 0) is 18.3 Å². The van der Waals surface area contributed by atoms with Gasteiger partial charge in [-0.2, -0.15) is 5.10 Å². The second-order valence-electron chi connectivity index (χ2n) is 7.52. The normalized spacial score (nSPS) is 15.0. The van der Waals surface area contributed by atoms with E-state index >= 15 is 0 Å². The lowest BCUT2D eigenvalue weighted by molar-refractivity contribution is -0.122. The van der Waals surface area contributed by atoms with Crippen LogP contribution >= 0.6 is 0 Å². The van der Waals surface area contributed by atoms with E-state index < -0.39 is 0 Å². The minimum atomic E-state index is -0.0908. The van der Waals surface area contributed by atoms with E-state index in [4.69, 9.17) is 14.2 Å². The molecule has 2 aromatic carbocycles. The molecular weight excluding hydrogens is 394 g/mol. The fraction of sp³-hybridized carbons (Fsp3) is 0.333. The number of carbonyl (C=O) groups excluding carboxylic acids is 1. The number of aromatic nitrogens is 2. The first kappa shape index (κ1) is 20.8. The van der Waals surface area contributed by atoms with Gasteiger partial charge in [-0.15, -0.1) is 0 Å². The summed E-state index contributed by atoms with van der Waals surface area (Å²) in [5, 5.41) is 7.34. The summed E-state index contributed by atoms with van der Waals surface area (Å²) in [7, 11) is 5.16. The minimum Gasteiger partial charge on any atom is -0.497 e. The maximum Gasteiger partial charge on any atom is 0.220 e. The van der Waals surface area contributed by atoms with Crippen molar-refractivity contribution in [2.75, 3.05) is 20.8 Å². The van der Waals surface area contributed by atoms with E-state index in [1.54, 1.807) is 25.1 Å². The molecule has 0 aliphatic carbocycles. The number of nitrogens with zero attached hydrogens (tertiary/aromatic N) is 2. The Bertz CT molecular complexity index is 1080. The van der Waals surface area contributed by atoms with Gasteiger partial charge in [0, 0.05) is 49.0 Å². The van der Waals surface area contributed by atoms with E-state index in [1.165, 1.54) is 0 Å². The first-order chi connectivity index (χ1) is 15.1. The highest BCUT2D eigenvalue weighted by atomic mass is 16.5. The maximum atomic E-state index is 12.6. The van der Waals surface area contributed by atoms with Crippen LogP contribution in [0.3, 0.4) is 0 Å². The Labute approximate surface area is 181 Å². The molecule has 0 fully saturated rings. The van der Waals surface area contributed by atoms with Crippen molar-refractivity contribution in [1.82, 2.24) is 15.1 Å². The van der Waals surface area contributed by atoms with Crippen LogP contribution in [0.1, 0.15) is 30.1 Å². The second-order valence-corrected chi connectivity index (χ2v) is 7.52. The van der Waals surface area contributed by atoms with Gasteiger partial charge in [-0.25, -0.2) is 0 Å². The van der Waals surface area contributed by atoms with Crippen molar-refractivity contribution in [2.45, 2.75) is 25.3 Å². The lowest BCUT2D eigenvalue weighted by Gasteiger charge is -2.27. The van der Waals surface area contributed by atoms with Gasteiger partial charge in [-0.3, -0.25) is 9.48 Å². The number of fused-ring (bicyclic) bond motifs is 1. The Morgan fingerprint density at radius 1 is 1.19 bits per heavy atom. The van der Waals surface area contributed by atoms with Crippen LogP contribution in [0.15, 0.2) is 48.7 Å². The topological polar surface area (TPSA) is 74.6 Å².